The summed E-state index contributed by atoms with van der Waals surface area (Å²) in [6.45, 7) is 1.90. The molecule has 80 valence electrons. The molecule has 2 rings (SSSR count). The molecule has 0 bridgehead atoms. The topological polar surface area (TPSA) is 92.5 Å². The summed E-state index contributed by atoms with van der Waals surface area (Å²) >= 11 is 0. The first-order chi connectivity index (χ1) is 7.02. The van der Waals surface area contributed by atoms with Crippen LogP contribution in [-0.2, 0) is 6.42 Å². The Morgan fingerprint density at radius 1 is 1.27 bits per heavy atom. The molecule has 0 saturated carbocycles. The molecule has 0 spiro atoms. The number of aliphatic hydroxyl groups excluding tert-OH is 1. The van der Waals surface area contributed by atoms with E-state index in [1.807, 2.05) is 6.92 Å². The third-order valence-electron chi connectivity index (χ3n) is 2.85. The fourth-order valence-corrected chi connectivity index (χ4v) is 1.96. The van der Waals surface area contributed by atoms with E-state index in [0.29, 0.717) is 12.0 Å². The maximum absolute atomic E-state index is 9.73. The Balaban J connectivity index is 2.71. The minimum Gasteiger partial charge on any atom is -0.510 e. The number of allylic oxidation sites excluding steroid dienone is 1. The second-order valence-corrected chi connectivity index (χ2v) is 3.94. The van der Waals surface area contributed by atoms with Gasteiger partial charge in [-0.1, -0.05) is 13.0 Å². The van der Waals surface area contributed by atoms with E-state index in [0.717, 1.165) is 5.56 Å². The van der Waals surface area contributed by atoms with Crippen LogP contribution in [0.1, 0.15) is 18.1 Å². The van der Waals surface area contributed by atoms with Crippen LogP contribution < -0.4 is 11.5 Å². The van der Waals surface area contributed by atoms with Crippen LogP contribution in [0.3, 0.4) is 0 Å². The minimum absolute atomic E-state index is 0.000877. The second kappa shape index (κ2) is 3.08. The number of anilines is 1. The highest BCUT2D eigenvalue weighted by molar-refractivity contribution is 5.81. The quantitative estimate of drug-likeness (QED) is 0.381. The van der Waals surface area contributed by atoms with Crippen LogP contribution in [0, 0.1) is 5.92 Å². The lowest BCUT2D eigenvalue weighted by Crippen LogP contribution is -2.19. The van der Waals surface area contributed by atoms with Crippen LogP contribution in [0.5, 0.6) is 5.75 Å². The molecule has 0 radical (unpaired) electrons. The lowest BCUT2D eigenvalue weighted by atomic mass is 9.86. The van der Waals surface area contributed by atoms with Crippen LogP contribution in [0.2, 0.25) is 0 Å². The number of hydrogen-bond acceptors (Lipinski definition) is 4. The molecule has 0 saturated heterocycles. The van der Waals surface area contributed by atoms with Gasteiger partial charge in [0, 0.05) is 11.5 Å². The van der Waals surface area contributed by atoms with Gasteiger partial charge in [-0.25, -0.2) is 0 Å². The number of nitrogens with two attached hydrogens (primary N) is 2. The number of hydrogen-bond donors (Lipinski definition) is 4. The summed E-state index contributed by atoms with van der Waals surface area (Å²) in [5, 5.41) is 19.2. The molecule has 0 heterocycles. The summed E-state index contributed by atoms with van der Waals surface area (Å²) in [5.74, 6) is 0.153. The van der Waals surface area contributed by atoms with E-state index >= 15 is 0 Å². The van der Waals surface area contributed by atoms with Gasteiger partial charge in [0.05, 0.1) is 11.4 Å². The van der Waals surface area contributed by atoms with E-state index in [1.54, 1.807) is 12.1 Å². The van der Waals surface area contributed by atoms with Crippen molar-refractivity contribution in [3.8, 4) is 5.75 Å². The van der Waals surface area contributed by atoms with E-state index in [9.17, 15) is 10.2 Å². The van der Waals surface area contributed by atoms with Crippen molar-refractivity contribution in [1.82, 2.24) is 0 Å². The maximum Gasteiger partial charge on any atom is 0.139 e. The molecule has 1 aromatic carbocycles. The van der Waals surface area contributed by atoms with Crippen LogP contribution in [-0.4, -0.2) is 10.2 Å². The van der Waals surface area contributed by atoms with Gasteiger partial charge in [-0.15, -0.1) is 0 Å². The molecule has 4 nitrogen and oxygen atoms in total. The van der Waals surface area contributed by atoms with Crippen molar-refractivity contribution in [1.29, 1.82) is 0 Å². The van der Waals surface area contributed by atoms with Crippen molar-refractivity contribution in [2.45, 2.75) is 13.3 Å². The summed E-state index contributed by atoms with van der Waals surface area (Å²) in [6, 6.07) is 3.34. The standard InChI is InChI=1S/C11H14N2O2/c1-5-4-6-2-3-7(14)9(12)8(6)10(13)11(5)15/h2-3,5,14-15H,4,12-13H2,1H3. The first-order valence-electron chi connectivity index (χ1n) is 4.81. The van der Waals surface area contributed by atoms with Crippen molar-refractivity contribution in [2.24, 2.45) is 11.7 Å². The Morgan fingerprint density at radius 3 is 2.60 bits per heavy atom. The fourth-order valence-electron chi connectivity index (χ4n) is 1.96. The number of phenols is 1. The summed E-state index contributed by atoms with van der Waals surface area (Å²) in [4.78, 5) is 0. The zero-order chi connectivity index (χ0) is 11.2. The molecule has 1 unspecified atom stereocenters. The van der Waals surface area contributed by atoms with E-state index in [4.69, 9.17) is 11.5 Å². The molecule has 15 heavy (non-hydrogen) atoms. The SMILES string of the molecule is CC1Cc2ccc(O)c(N)c2C(N)=C1O. The lowest BCUT2D eigenvalue weighted by molar-refractivity contribution is 0.338. The van der Waals surface area contributed by atoms with Crippen LogP contribution in [0.25, 0.3) is 5.70 Å². The summed E-state index contributed by atoms with van der Waals surface area (Å²) in [6.07, 6.45) is 0.687. The predicted molar refractivity (Wildman–Crippen MR) is 59.1 cm³/mol. The molecule has 1 aliphatic rings. The molecular weight excluding hydrogens is 192 g/mol. The zero-order valence-electron chi connectivity index (χ0n) is 8.49. The Hall–Kier alpha value is -1.84. The number of aromatic hydroxyl groups is 1. The smallest absolute Gasteiger partial charge is 0.139 e. The highest BCUT2D eigenvalue weighted by Gasteiger charge is 2.25. The number of aliphatic hydroxyl groups is 1. The average molecular weight is 206 g/mol. The monoisotopic (exact) mass is 206 g/mol. The van der Waals surface area contributed by atoms with Crippen molar-refractivity contribution < 1.29 is 10.2 Å². The highest BCUT2D eigenvalue weighted by Crippen LogP contribution is 2.37. The Labute approximate surface area is 87.8 Å². The molecule has 0 amide bonds. The zero-order valence-corrected chi connectivity index (χ0v) is 8.49. The largest absolute Gasteiger partial charge is 0.510 e. The Morgan fingerprint density at radius 2 is 1.93 bits per heavy atom. The van der Waals surface area contributed by atoms with Crippen molar-refractivity contribution in [3.63, 3.8) is 0 Å². The van der Waals surface area contributed by atoms with Crippen molar-refractivity contribution >= 4 is 11.4 Å². The predicted octanol–water partition coefficient (Wildman–Crippen LogP) is 1.35. The van der Waals surface area contributed by atoms with Gasteiger partial charge >= 0.3 is 0 Å². The number of rotatable bonds is 0. The van der Waals surface area contributed by atoms with Gasteiger partial charge in [0.2, 0.25) is 0 Å². The van der Waals surface area contributed by atoms with Gasteiger partial charge in [0.25, 0.3) is 0 Å². The van der Waals surface area contributed by atoms with Gasteiger partial charge in [0.1, 0.15) is 11.5 Å². The van der Waals surface area contributed by atoms with Gasteiger partial charge in [-0.05, 0) is 18.1 Å². The van der Waals surface area contributed by atoms with Crippen LogP contribution in [0.15, 0.2) is 17.9 Å². The van der Waals surface area contributed by atoms with E-state index in [-0.39, 0.29) is 28.8 Å². The van der Waals surface area contributed by atoms with Crippen LogP contribution in [0.4, 0.5) is 5.69 Å². The third-order valence-corrected chi connectivity index (χ3v) is 2.85. The van der Waals surface area contributed by atoms with Gasteiger partial charge in [-0.2, -0.15) is 0 Å². The van der Waals surface area contributed by atoms with E-state index in [2.05, 4.69) is 0 Å². The first-order valence-corrected chi connectivity index (χ1v) is 4.81. The van der Waals surface area contributed by atoms with Crippen molar-refractivity contribution in [2.75, 3.05) is 5.73 Å². The number of nitrogen functional groups attached to an aromatic ring is 1. The molecule has 1 aromatic rings. The molecular formula is C11H14N2O2. The normalized spacial score (nSPS) is 20.2. The summed E-state index contributed by atoms with van der Waals surface area (Å²) in [5.41, 5.74) is 13.6. The van der Waals surface area contributed by atoms with Gasteiger partial charge in [-0.3, -0.25) is 0 Å². The number of phenolic OH excluding ortho intramolecular Hbond substituents is 1. The maximum atomic E-state index is 9.73. The molecule has 0 fully saturated rings. The molecule has 1 atom stereocenters. The first kappa shape index (κ1) is 9.71. The van der Waals surface area contributed by atoms with E-state index < -0.39 is 0 Å². The fraction of sp³-hybridized carbons (Fsp3) is 0.273. The number of fused-ring (bicyclic) bond motifs is 1. The van der Waals surface area contributed by atoms with Gasteiger partial charge < -0.3 is 21.7 Å². The Kier molecular flexibility index (Phi) is 2.00. The molecule has 1 aliphatic carbocycles. The second-order valence-electron chi connectivity index (χ2n) is 3.94. The molecule has 0 aliphatic heterocycles. The van der Waals surface area contributed by atoms with Crippen LogP contribution >= 0.6 is 0 Å². The average Bonchev–Trinajstić information content (AvgIpc) is 2.20. The molecule has 0 aromatic heterocycles. The molecule has 6 N–H and O–H groups in total. The highest BCUT2D eigenvalue weighted by atomic mass is 16.3. The Bertz CT molecular complexity index is 452. The lowest BCUT2D eigenvalue weighted by Gasteiger charge is -2.24. The summed E-state index contributed by atoms with van der Waals surface area (Å²) < 4.78 is 0. The van der Waals surface area contributed by atoms with E-state index in [1.165, 1.54) is 0 Å². The number of benzene rings is 1. The van der Waals surface area contributed by atoms with Gasteiger partial charge in [0.15, 0.2) is 0 Å². The third kappa shape index (κ3) is 1.29. The molecule has 4 heteroatoms. The minimum atomic E-state index is -0.000877. The van der Waals surface area contributed by atoms with Crippen molar-refractivity contribution in [3.05, 3.63) is 29.0 Å². The summed E-state index contributed by atoms with van der Waals surface area (Å²) in [7, 11) is 0.